The van der Waals surface area contributed by atoms with Gasteiger partial charge in [-0.3, -0.25) is 0 Å². The monoisotopic (exact) mass is 319 g/mol. The minimum absolute atomic E-state index is 0.582. The predicted molar refractivity (Wildman–Crippen MR) is 98.9 cm³/mol. The van der Waals surface area contributed by atoms with E-state index < -0.39 is 0 Å². The average molecular weight is 320 g/mol. The smallest absolute Gasteiger partial charge is 0.194 e. The zero-order valence-electron chi connectivity index (χ0n) is 15.4. The van der Waals surface area contributed by atoms with Gasteiger partial charge in [0.15, 0.2) is 5.96 Å². The van der Waals surface area contributed by atoms with Gasteiger partial charge in [0.05, 0.1) is 6.04 Å². The van der Waals surface area contributed by atoms with Crippen molar-refractivity contribution in [3.8, 4) is 0 Å². The molecule has 0 aliphatic carbocycles. The highest BCUT2D eigenvalue weighted by Gasteiger charge is 2.41. The third kappa shape index (κ3) is 4.22. The first-order valence-corrected chi connectivity index (χ1v) is 10.4. The maximum absolute atomic E-state index is 5.17. The summed E-state index contributed by atoms with van der Waals surface area (Å²) in [5, 5.41) is 3.84. The molecule has 132 valence electrons. The summed E-state index contributed by atoms with van der Waals surface area (Å²) >= 11 is 0. The lowest BCUT2D eigenvalue weighted by Crippen LogP contribution is -2.64. The number of unbranched alkanes of at least 4 members (excludes halogenated alkanes) is 4. The van der Waals surface area contributed by atoms with E-state index in [1.165, 1.54) is 89.4 Å². The summed E-state index contributed by atoms with van der Waals surface area (Å²) in [4.78, 5) is 7.86. The molecule has 2 saturated heterocycles. The van der Waals surface area contributed by atoms with Crippen LogP contribution in [0.15, 0.2) is 4.99 Å². The predicted octanol–water partition coefficient (Wildman–Crippen LogP) is 4.86. The highest BCUT2D eigenvalue weighted by atomic mass is 15.4. The maximum atomic E-state index is 5.17. The number of aliphatic imine (C=N–C) groups is 1. The topological polar surface area (TPSA) is 27.6 Å². The number of nitrogens with one attached hydrogen (secondary N) is 1. The minimum atomic E-state index is 0.582. The Morgan fingerprint density at radius 1 is 0.957 bits per heavy atom. The molecule has 3 rings (SSSR count). The second kappa shape index (κ2) is 8.39. The Kier molecular flexibility index (Phi) is 6.24. The van der Waals surface area contributed by atoms with E-state index in [2.05, 4.69) is 24.1 Å². The quantitative estimate of drug-likeness (QED) is 0.647. The molecule has 3 heteroatoms. The number of hydrogen-bond donors (Lipinski definition) is 1. The maximum Gasteiger partial charge on any atom is 0.194 e. The molecule has 0 saturated carbocycles. The second-order valence-corrected chi connectivity index (χ2v) is 8.06. The fourth-order valence-corrected chi connectivity index (χ4v) is 4.91. The molecule has 0 spiro atoms. The molecular weight excluding hydrogens is 282 g/mol. The molecule has 0 bridgehead atoms. The van der Waals surface area contributed by atoms with Crippen LogP contribution in [-0.2, 0) is 0 Å². The Morgan fingerprint density at radius 3 is 2.39 bits per heavy atom. The van der Waals surface area contributed by atoms with Crippen LogP contribution in [0.2, 0.25) is 0 Å². The molecule has 0 aromatic rings. The van der Waals surface area contributed by atoms with Crippen molar-refractivity contribution in [1.82, 2.24) is 10.2 Å². The summed E-state index contributed by atoms with van der Waals surface area (Å²) in [6.07, 6.45) is 17.6. The van der Waals surface area contributed by atoms with Crippen LogP contribution in [0, 0.1) is 0 Å². The van der Waals surface area contributed by atoms with Gasteiger partial charge in [-0.2, -0.15) is 0 Å². The molecule has 3 aliphatic heterocycles. The largest absolute Gasteiger partial charge is 0.353 e. The number of rotatable bonds is 8. The zero-order valence-corrected chi connectivity index (χ0v) is 15.4. The summed E-state index contributed by atoms with van der Waals surface area (Å²) < 4.78 is 0. The van der Waals surface area contributed by atoms with Crippen molar-refractivity contribution in [2.24, 2.45) is 4.99 Å². The minimum Gasteiger partial charge on any atom is -0.353 e. The van der Waals surface area contributed by atoms with E-state index >= 15 is 0 Å². The Labute approximate surface area is 143 Å². The molecule has 0 radical (unpaired) electrons. The van der Waals surface area contributed by atoms with Gasteiger partial charge in [0.1, 0.15) is 0 Å². The van der Waals surface area contributed by atoms with Crippen molar-refractivity contribution in [1.29, 1.82) is 0 Å². The molecule has 0 unspecified atom stereocenters. The van der Waals surface area contributed by atoms with Crippen LogP contribution < -0.4 is 5.32 Å². The summed E-state index contributed by atoms with van der Waals surface area (Å²) in [6.45, 7) is 4.59. The van der Waals surface area contributed by atoms with Gasteiger partial charge >= 0.3 is 0 Å². The zero-order chi connectivity index (χ0) is 16.1. The van der Waals surface area contributed by atoms with E-state index in [0.29, 0.717) is 12.1 Å². The molecule has 3 nitrogen and oxygen atoms in total. The summed E-state index contributed by atoms with van der Waals surface area (Å²) in [7, 11) is 0. The lowest BCUT2D eigenvalue weighted by molar-refractivity contribution is 0.0979. The van der Waals surface area contributed by atoms with Gasteiger partial charge in [0.25, 0.3) is 0 Å². The van der Waals surface area contributed by atoms with Gasteiger partial charge in [-0.25, -0.2) is 4.99 Å². The fraction of sp³-hybridized carbons (Fsp3) is 0.950. The fourth-order valence-electron chi connectivity index (χ4n) is 4.91. The highest BCUT2D eigenvalue weighted by molar-refractivity contribution is 5.82. The lowest BCUT2D eigenvalue weighted by Gasteiger charge is -2.52. The Bertz CT molecular complexity index is 392. The molecule has 0 aromatic heterocycles. The molecule has 4 atom stereocenters. The van der Waals surface area contributed by atoms with Gasteiger partial charge in [-0.1, -0.05) is 52.4 Å². The number of nitrogens with zero attached hydrogens (tertiary/aromatic N) is 2. The van der Waals surface area contributed by atoms with Crippen molar-refractivity contribution in [3.05, 3.63) is 0 Å². The molecule has 0 aromatic carbocycles. The first-order valence-electron chi connectivity index (χ1n) is 10.4. The van der Waals surface area contributed by atoms with Gasteiger partial charge in [0.2, 0.25) is 0 Å². The van der Waals surface area contributed by atoms with Crippen LogP contribution in [-0.4, -0.2) is 35.0 Å². The van der Waals surface area contributed by atoms with Crippen LogP contribution in [0.25, 0.3) is 0 Å². The molecule has 0 amide bonds. The normalized spacial score (nSPS) is 33.0. The van der Waals surface area contributed by atoms with Gasteiger partial charge < -0.3 is 10.2 Å². The molecule has 3 heterocycles. The van der Waals surface area contributed by atoms with Gasteiger partial charge in [-0.15, -0.1) is 0 Å². The van der Waals surface area contributed by atoms with Crippen molar-refractivity contribution < 1.29 is 0 Å². The average Bonchev–Trinajstić information content (AvgIpc) is 2.55. The lowest BCUT2D eigenvalue weighted by atomic mass is 9.84. The van der Waals surface area contributed by atoms with Crippen molar-refractivity contribution in [2.45, 2.75) is 121 Å². The van der Waals surface area contributed by atoms with Crippen LogP contribution in [0.4, 0.5) is 0 Å². The number of hydrogen-bond acceptors (Lipinski definition) is 3. The standard InChI is InChI=1S/C20H37N3/c1-3-5-7-10-16-14-18-12-9-13-19-15-17(11-8-6-4-2)22-20(21-16)23(18)19/h16-19H,3-15H2,1-2H3,(H,21,22)/t16-,17+,18+,19-. The van der Waals surface area contributed by atoms with Crippen LogP contribution in [0.1, 0.15) is 97.3 Å². The highest BCUT2D eigenvalue weighted by Crippen LogP contribution is 2.35. The number of piperidine rings is 1. The van der Waals surface area contributed by atoms with Crippen LogP contribution >= 0.6 is 0 Å². The van der Waals surface area contributed by atoms with Gasteiger partial charge in [-0.05, 0) is 44.9 Å². The first kappa shape index (κ1) is 17.1. The molecule has 3 aliphatic rings. The summed E-state index contributed by atoms with van der Waals surface area (Å²) in [5.74, 6) is 1.28. The van der Waals surface area contributed by atoms with Crippen molar-refractivity contribution in [2.75, 3.05) is 0 Å². The summed E-state index contributed by atoms with van der Waals surface area (Å²) in [6, 6.07) is 2.81. The van der Waals surface area contributed by atoms with E-state index in [1.807, 2.05) is 0 Å². The van der Waals surface area contributed by atoms with Crippen LogP contribution in [0.3, 0.4) is 0 Å². The molecular formula is C20H37N3. The summed E-state index contributed by atoms with van der Waals surface area (Å²) in [5.41, 5.74) is 0. The van der Waals surface area contributed by atoms with E-state index in [9.17, 15) is 0 Å². The third-order valence-electron chi connectivity index (χ3n) is 6.14. The molecule has 1 N–H and O–H groups in total. The third-order valence-corrected chi connectivity index (χ3v) is 6.14. The van der Waals surface area contributed by atoms with Crippen molar-refractivity contribution in [3.63, 3.8) is 0 Å². The van der Waals surface area contributed by atoms with E-state index in [1.54, 1.807) is 0 Å². The Hall–Kier alpha value is -0.730. The van der Waals surface area contributed by atoms with Crippen LogP contribution in [0.5, 0.6) is 0 Å². The SMILES string of the molecule is CCCCC[C@@H]1C[C@@H]2CCC[C@@H]3C[C@H](CCCCC)NC(=N1)N32. The van der Waals surface area contributed by atoms with Crippen molar-refractivity contribution >= 4 is 5.96 Å². The first-order chi connectivity index (χ1) is 11.3. The molecule has 23 heavy (non-hydrogen) atoms. The van der Waals surface area contributed by atoms with E-state index in [4.69, 9.17) is 4.99 Å². The second-order valence-electron chi connectivity index (χ2n) is 8.06. The van der Waals surface area contributed by atoms with Gasteiger partial charge in [0, 0.05) is 18.1 Å². The van der Waals surface area contributed by atoms with E-state index in [0.717, 1.165) is 12.1 Å². The number of guanidine groups is 1. The Balaban J connectivity index is 1.64. The van der Waals surface area contributed by atoms with E-state index in [-0.39, 0.29) is 0 Å². The Morgan fingerprint density at radius 2 is 1.65 bits per heavy atom. The molecule has 2 fully saturated rings.